The van der Waals surface area contributed by atoms with Gasteiger partial charge in [-0.3, -0.25) is 4.68 Å². The van der Waals surface area contributed by atoms with E-state index in [1.54, 1.807) is 6.20 Å². The molecular formula is C21H18ClN3O. The Bertz CT molecular complexity index is 944. The number of halogens is 1. The fourth-order valence-electron chi connectivity index (χ4n) is 3.69. The number of aryl methyl sites for hydroxylation is 1. The van der Waals surface area contributed by atoms with Crippen molar-refractivity contribution in [3.8, 4) is 6.07 Å². The van der Waals surface area contributed by atoms with E-state index in [2.05, 4.69) is 11.2 Å². The molecule has 1 aliphatic rings. The highest BCUT2D eigenvalue weighted by molar-refractivity contribution is 6.30. The van der Waals surface area contributed by atoms with Crippen LogP contribution in [0.5, 0.6) is 0 Å². The molecule has 4 nitrogen and oxygen atoms in total. The molecule has 2 aromatic carbocycles. The predicted octanol–water partition coefficient (Wildman–Crippen LogP) is 4.66. The van der Waals surface area contributed by atoms with Gasteiger partial charge in [0.25, 0.3) is 0 Å². The van der Waals surface area contributed by atoms with Gasteiger partial charge >= 0.3 is 0 Å². The summed E-state index contributed by atoms with van der Waals surface area (Å²) in [5.41, 5.74) is 3.46. The van der Waals surface area contributed by atoms with E-state index in [1.165, 1.54) is 0 Å². The maximum atomic E-state index is 9.18. The third-order valence-electron chi connectivity index (χ3n) is 4.93. The first-order chi connectivity index (χ1) is 12.7. The predicted molar refractivity (Wildman–Crippen MR) is 99.6 cm³/mol. The fraction of sp³-hybridized carbons (Fsp3) is 0.238. The number of rotatable bonds is 5. The van der Waals surface area contributed by atoms with Gasteiger partial charge in [0.15, 0.2) is 0 Å². The van der Waals surface area contributed by atoms with Crippen LogP contribution in [0.4, 0.5) is 0 Å². The Morgan fingerprint density at radius 2 is 2.08 bits per heavy atom. The van der Waals surface area contributed by atoms with E-state index in [9.17, 15) is 5.26 Å². The highest BCUT2D eigenvalue weighted by Gasteiger charge is 2.41. The Balaban J connectivity index is 1.69. The van der Waals surface area contributed by atoms with Gasteiger partial charge in [-0.25, -0.2) is 0 Å². The molecule has 0 saturated carbocycles. The Hall–Kier alpha value is -2.61. The van der Waals surface area contributed by atoms with Gasteiger partial charge < -0.3 is 4.74 Å². The van der Waals surface area contributed by atoms with Gasteiger partial charge in [-0.2, -0.15) is 10.4 Å². The summed E-state index contributed by atoms with van der Waals surface area (Å²) in [7, 11) is 0. The lowest BCUT2D eigenvalue weighted by atomic mass is 9.81. The summed E-state index contributed by atoms with van der Waals surface area (Å²) in [6, 6.07) is 17.8. The summed E-state index contributed by atoms with van der Waals surface area (Å²) >= 11 is 6.09. The number of aromatic nitrogens is 2. The van der Waals surface area contributed by atoms with Crippen LogP contribution in [0.1, 0.15) is 35.1 Å². The zero-order valence-corrected chi connectivity index (χ0v) is 15.0. The lowest BCUT2D eigenvalue weighted by molar-refractivity contribution is -0.0138. The second-order valence-corrected chi connectivity index (χ2v) is 6.92. The number of fused-ring (bicyclic) bond motifs is 1. The van der Waals surface area contributed by atoms with Crippen molar-refractivity contribution >= 4 is 11.6 Å². The van der Waals surface area contributed by atoms with Crippen molar-refractivity contribution in [2.24, 2.45) is 0 Å². The van der Waals surface area contributed by atoms with Crippen LogP contribution in [-0.4, -0.2) is 9.78 Å². The summed E-state index contributed by atoms with van der Waals surface area (Å²) in [6.07, 6.45) is 5.51. The molecule has 0 bridgehead atoms. The Kier molecular flexibility index (Phi) is 4.50. The summed E-state index contributed by atoms with van der Waals surface area (Å²) in [5.74, 6) is 0. The molecule has 1 atom stereocenters. The van der Waals surface area contributed by atoms with Gasteiger partial charge in [-0.1, -0.05) is 29.8 Å². The molecule has 26 heavy (non-hydrogen) atoms. The van der Waals surface area contributed by atoms with Gasteiger partial charge in [0.2, 0.25) is 0 Å². The third kappa shape index (κ3) is 3.01. The van der Waals surface area contributed by atoms with Gasteiger partial charge in [-0.15, -0.1) is 0 Å². The third-order valence-corrected chi connectivity index (χ3v) is 5.18. The molecular weight excluding hydrogens is 346 g/mol. The molecule has 4 rings (SSSR count). The summed E-state index contributed by atoms with van der Waals surface area (Å²) < 4.78 is 8.31. The Labute approximate surface area is 157 Å². The lowest BCUT2D eigenvalue weighted by Gasteiger charge is -2.30. The standard InChI is InChI=1S/C21H18ClN3O/c22-19-6-4-18(5-7-19)21(9-1-11-25-12-2-10-24-25)20-8-3-16(14-23)13-17(20)15-26-21/h2-8,10,12-13H,1,9,11,15H2. The smallest absolute Gasteiger partial charge is 0.119 e. The highest BCUT2D eigenvalue weighted by Crippen LogP contribution is 2.45. The van der Waals surface area contributed by atoms with Crippen LogP contribution < -0.4 is 0 Å². The molecule has 0 fully saturated rings. The second kappa shape index (κ2) is 6.95. The van der Waals surface area contributed by atoms with E-state index in [-0.39, 0.29) is 0 Å². The van der Waals surface area contributed by atoms with E-state index in [1.807, 2.05) is 59.4 Å². The summed E-state index contributed by atoms with van der Waals surface area (Å²) in [4.78, 5) is 0. The quantitative estimate of drug-likeness (QED) is 0.662. The van der Waals surface area contributed by atoms with Crippen molar-refractivity contribution in [1.82, 2.24) is 9.78 Å². The average Bonchev–Trinajstić information content (AvgIpc) is 3.31. The van der Waals surface area contributed by atoms with E-state index >= 15 is 0 Å². The van der Waals surface area contributed by atoms with Crippen LogP contribution >= 0.6 is 11.6 Å². The van der Waals surface area contributed by atoms with Crippen molar-refractivity contribution in [3.63, 3.8) is 0 Å². The molecule has 130 valence electrons. The molecule has 1 unspecified atom stereocenters. The molecule has 0 spiro atoms. The topological polar surface area (TPSA) is 50.8 Å². The van der Waals surface area contributed by atoms with E-state index in [0.29, 0.717) is 17.2 Å². The monoisotopic (exact) mass is 363 g/mol. The number of benzene rings is 2. The van der Waals surface area contributed by atoms with Gasteiger partial charge in [0, 0.05) is 24.0 Å². The van der Waals surface area contributed by atoms with E-state index in [4.69, 9.17) is 16.3 Å². The van der Waals surface area contributed by atoms with Crippen LogP contribution in [0.15, 0.2) is 60.9 Å². The number of hydrogen-bond donors (Lipinski definition) is 0. The van der Waals surface area contributed by atoms with Crippen molar-refractivity contribution in [3.05, 3.63) is 88.2 Å². The van der Waals surface area contributed by atoms with Crippen LogP contribution in [0.25, 0.3) is 0 Å². The fourth-order valence-corrected chi connectivity index (χ4v) is 3.81. The maximum Gasteiger partial charge on any atom is 0.119 e. The molecule has 2 heterocycles. The Morgan fingerprint density at radius 1 is 1.23 bits per heavy atom. The Morgan fingerprint density at radius 3 is 2.81 bits per heavy atom. The van der Waals surface area contributed by atoms with Crippen LogP contribution in [0.2, 0.25) is 5.02 Å². The molecule has 0 saturated heterocycles. The largest absolute Gasteiger partial charge is 0.361 e. The number of hydrogen-bond acceptors (Lipinski definition) is 3. The lowest BCUT2D eigenvalue weighted by Crippen LogP contribution is -2.27. The van der Waals surface area contributed by atoms with Crippen LogP contribution in [0, 0.1) is 11.3 Å². The molecule has 3 aromatic rings. The van der Waals surface area contributed by atoms with Crippen LogP contribution in [0.3, 0.4) is 0 Å². The number of nitriles is 1. The highest BCUT2D eigenvalue weighted by atomic mass is 35.5. The molecule has 1 aliphatic heterocycles. The minimum atomic E-state index is -0.513. The molecule has 0 aliphatic carbocycles. The van der Waals surface area contributed by atoms with Crippen molar-refractivity contribution in [1.29, 1.82) is 5.26 Å². The minimum Gasteiger partial charge on any atom is -0.361 e. The molecule has 0 radical (unpaired) electrons. The first kappa shape index (κ1) is 16.8. The summed E-state index contributed by atoms with van der Waals surface area (Å²) in [5, 5.41) is 14.2. The zero-order chi connectivity index (χ0) is 18.0. The van der Waals surface area contributed by atoms with Gasteiger partial charge in [-0.05, 0) is 59.9 Å². The van der Waals surface area contributed by atoms with Crippen molar-refractivity contribution in [2.75, 3.05) is 0 Å². The van der Waals surface area contributed by atoms with Crippen LogP contribution in [-0.2, 0) is 23.5 Å². The van der Waals surface area contributed by atoms with E-state index < -0.39 is 5.60 Å². The SMILES string of the molecule is N#Cc1ccc2c(c1)COC2(CCCn1cccn1)c1ccc(Cl)cc1. The average molecular weight is 364 g/mol. The minimum absolute atomic E-state index is 0.509. The molecule has 0 N–H and O–H groups in total. The van der Waals surface area contributed by atoms with E-state index in [0.717, 1.165) is 36.1 Å². The van der Waals surface area contributed by atoms with Crippen molar-refractivity contribution in [2.45, 2.75) is 31.6 Å². The first-order valence-corrected chi connectivity index (χ1v) is 9.00. The van der Waals surface area contributed by atoms with Gasteiger partial charge in [0.1, 0.15) is 5.60 Å². The van der Waals surface area contributed by atoms with Gasteiger partial charge in [0.05, 0.1) is 18.2 Å². The number of ether oxygens (including phenoxy) is 1. The zero-order valence-electron chi connectivity index (χ0n) is 14.2. The normalized spacial score (nSPS) is 18.5. The molecule has 5 heteroatoms. The van der Waals surface area contributed by atoms with Crippen molar-refractivity contribution < 1.29 is 4.74 Å². The molecule has 0 amide bonds. The number of nitrogens with zero attached hydrogens (tertiary/aromatic N) is 3. The maximum absolute atomic E-state index is 9.18. The summed E-state index contributed by atoms with van der Waals surface area (Å²) in [6.45, 7) is 1.34. The molecule has 1 aromatic heterocycles. The second-order valence-electron chi connectivity index (χ2n) is 6.48. The first-order valence-electron chi connectivity index (χ1n) is 8.62.